The quantitative estimate of drug-likeness (QED) is 0.139. The van der Waals surface area contributed by atoms with Gasteiger partial charge in [-0.1, -0.05) is 115 Å². The van der Waals surface area contributed by atoms with E-state index in [0.717, 1.165) is 22.3 Å². The number of benzene rings is 4. The summed E-state index contributed by atoms with van der Waals surface area (Å²) in [6.07, 6.45) is -0.815. The van der Waals surface area contributed by atoms with E-state index in [0.29, 0.717) is 5.56 Å². The van der Waals surface area contributed by atoms with Crippen molar-refractivity contribution in [1.82, 2.24) is 5.32 Å². The van der Waals surface area contributed by atoms with Crippen molar-refractivity contribution in [3.8, 4) is 11.1 Å². The number of hydrogen-bond acceptors (Lipinski definition) is 5. The van der Waals surface area contributed by atoms with Crippen LogP contribution in [-0.4, -0.2) is 33.5 Å². The summed E-state index contributed by atoms with van der Waals surface area (Å²) in [7, 11) is -4.09. The molecule has 0 aliphatic carbocycles. The number of rotatable bonds is 12. The highest BCUT2D eigenvalue weighted by atomic mass is 31.2. The van der Waals surface area contributed by atoms with Gasteiger partial charge in [0, 0.05) is 12.5 Å². The van der Waals surface area contributed by atoms with Gasteiger partial charge in [0.25, 0.3) is 0 Å². The van der Waals surface area contributed by atoms with Crippen molar-refractivity contribution in [2.45, 2.75) is 44.3 Å². The minimum atomic E-state index is -4.09. The molecule has 0 aromatic heterocycles. The fraction of sp³-hybridized carbons (Fsp3) is 0.242. The van der Waals surface area contributed by atoms with Crippen LogP contribution in [0, 0.1) is 0 Å². The van der Waals surface area contributed by atoms with E-state index in [1.54, 1.807) is 6.92 Å². The molecule has 0 heterocycles. The lowest BCUT2D eigenvalue weighted by Crippen LogP contribution is -2.47. The molecule has 208 valence electrons. The summed E-state index contributed by atoms with van der Waals surface area (Å²) in [4.78, 5) is 24.5. The van der Waals surface area contributed by atoms with Crippen molar-refractivity contribution in [3.63, 3.8) is 0 Å². The van der Waals surface area contributed by atoms with Crippen LogP contribution in [0.3, 0.4) is 0 Å². The van der Waals surface area contributed by atoms with Gasteiger partial charge in [-0.3, -0.25) is 9.88 Å². The van der Waals surface area contributed by atoms with Gasteiger partial charge in [0.2, 0.25) is 7.37 Å². The predicted octanol–water partition coefficient (Wildman–Crippen LogP) is 6.34. The molecule has 4 aromatic carbocycles. The molecule has 40 heavy (non-hydrogen) atoms. The zero-order valence-corrected chi connectivity index (χ0v) is 23.7. The van der Waals surface area contributed by atoms with Crippen LogP contribution in [0.15, 0.2) is 115 Å². The molecular formula is C33H36NO5P. The molecule has 4 atom stereocenters. The average Bonchev–Trinajstić information content (AvgIpc) is 2.97. The Bertz CT molecular complexity index is 1410. The van der Waals surface area contributed by atoms with Crippen molar-refractivity contribution < 1.29 is 24.1 Å². The van der Waals surface area contributed by atoms with Crippen LogP contribution in [0.5, 0.6) is 0 Å². The van der Waals surface area contributed by atoms with Crippen molar-refractivity contribution in [2.75, 3.05) is 6.16 Å². The summed E-state index contributed by atoms with van der Waals surface area (Å²) < 4.78 is 19.1. The number of hydrogen-bond donors (Lipinski definition) is 3. The van der Waals surface area contributed by atoms with E-state index in [1.165, 1.54) is 0 Å². The van der Waals surface area contributed by atoms with E-state index in [4.69, 9.17) is 4.74 Å². The number of esters is 1. The van der Waals surface area contributed by atoms with Crippen LogP contribution < -0.4 is 5.32 Å². The van der Waals surface area contributed by atoms with E-state index < -0.39 is 30.9 Å². The molecule has 7 heteroatoms. The second-order valence-electron chi connectivity index (χ2n) is 10.2. The Balaban J connectivity index is 1.54. The first-order valence-corrected chi connectivity index (χ1v) is 15.3. The predicted molar refractivity (Wildman–Crippen MR) is 159 cm³/mol. The molecule has 0 bridgehead atoms. The normalized spacial score (nSPS) is 15.8. The van der Waals surface area contributed by atoms with Crippen LogP contribution >= 0.6 is 7.37 Å². The third-order valence-corrected chi connectivity index (χ3v) is 9.37. The maximum absolute atomic E-state index is 13.6. The largest absolute Gasteiger partial charge is 0.459 e. The van der Waals surface area contributed by atoms with Crippen LogP contribution in [0.25, 0.3) is 11.1 Å². The standard InChI is InChI=1S/C33H36NO5P/c1-25(29-14-8-4-9-15-29)34-26(2)40(37,38)24-33(36,32(35)39-23-28-12-6-3-7-13-28)22-27-18-20-31(21-19-27)30-16-10-5-11-17-30/h3-21,25-26,34,36H,22-24H2,1-2H3,(H,37,38)/t25-,26+,33+/m0/s1. The van der Waals surface area contributed by atoms with Crippen LogP contribution in [0.1, 0.15) is 36.6 Å². The summed E-state index contributed by atoms with van der Waals surface area (Å²) in [6, 6.07) is 35.8. The first kappa shape index (κ1) is 29.4. The van der Waals surface area contributed by atoms with E-state index in [2.05, 4.69) is 5.32 Å². The van der Waals surface area contributed by atoms with Crippen LogP contribution in [-0.2, 0) is 27.1 Å². The molecule has 6 nitrogen and oxygen atoms in total. The molecule has 4 rings (SSSR count). The van der Waals surface area contributed by atoms with Gasteiger partial charge in [0.1, 0.15) is 6.61 Å². The molecule has 0 aliphatic rings. The van der Waals surface area contributed by atoms with Gasteiger partial charge >= 0.3 is 5.97 Å². The van der Waals surface area contributed by atoms with Gasteiger partial charge in [-0.05, 0) is 41.7 Å². The Labute approximate surface area is 236 Å². The molecule has 0 aliphatic heterocycles. The van der Waals surface area contributed by atoms with Crippen molar-refractivity contribution >= 4 is 13.3 Å². The molecular weight excluding hydrogens is 521 g/mol. The molecule has 0 saturated carbocycles. The molecule has 3 N–H and O–H groups in total. The van der Waals surface area contributed by atoms with Gasteiger partial charge in [0.15, 0.2) is 5.60 Å². The zero-order chi connectivity index (χ0) is 28.6. The SMILES string of the molecule is C[C@H](N[C@@H](C)P(=O)(O)C[C@](O)(Cc1ccc(-c2ccccc2)cc1)C(=O)OCc1ccccc1)c1ccccc1. The van der Waals surface area contributed by atoms with Gasteiger partial charge in [0.05, 0.1) is 11.9 Å². The van der Waals surface area contributed by atoms with Crippen molar-refractivity contribution in [3.05, 3.63) is 132 Å². The van der Waals surface area contributed by atoms with E-state index >= 15 is 0 Å². The summed E-state index contributed by atoms with van der Waals surface area (Å²) >= 11 is 0. The Morgan fingerprint density at radius 3 is 1.93 bits per heavy atom. The first-order valence-electron chi connectivity index (χ1n) is 13.4. The molecule has 0 amide bonds. The van der Waals surface area contributed by atoms with E-state index in [1.807, 2.05) is 122 Å². The second kappa shape index (κ2) is 13.2. The first-order chi connectivity index (χ1) is 19.2. The highest BCUT2D eigenvalue weighted by Crippen LogP contribution is 2.49. The molecule has 1 unspecified atom stereocenters. The van der Waals surface area contributed by atoms with Gasteiger partial charge in [-0.25, -0.2) is 4.79 Å². The fourth-order valence-corrected chi connectivity index (χ4v) is 6.38. The van der Waals surface area contributed by atoms with Crippen LogP contribution in [0.4, 0.5) is 0 Å². The molecule has 0 spiro atoms. The number of carbonyl (C=O) groups excluding carboxylic acids is 1. The lowest BCUT2D eigenvalue weighted by atomic mass is 9.94. The zero-order valence-electron chi connectivity index (χ0n) is 22.8. The van der Waals surface area contributed by atoms with Gasteiger partial charge < -0.3 is 14.7 Å². The fourth-order valence-electron chi connectivity index (χ4n) is 4.66. The summed E-state index contributed by atoms with van der Waals surface area (Å²) in [5.41, 5.74) is 2.19. The number of aliphatic hydroxyl groups is 1. The Morgan fingerprint density at radius 2 is 1.32 bits per heavy atom. The lowest BCUT2D eigenvalue weighted by Gasteiger charge is -2.32. The molecule has 4 aromatic rings. The monoisotopic (exact) mass is 557 g/mol. The molecule has 0 radical (unpaired) electrons. The summed E-state index contributed by atoms with van der Waals surface area (Å²) in [5, 5.41) is 14.9. The minimum Gasteiger partial charge on any atom is -0.459 e. The van der Waals surface area contributed by atoms with Gasteiger partial charge in [-0.15, -0.1) is 0 Å². The van der Waals surface area contributed by atoms with E-state index in [9.17, 15) is 19.4 Å². The maximum Gasteiger partial charge on any atom is 0.339 e. The maximum atomic E-state index is 13.6. The number of ether oxygens (including phenoxy) is 1. The minimum absolute atomic E-state index is 0.0521. The summed E-state index contributed by atoms with van der Waals surface area (Å²) in [6.45, 7) is 3.45. The Hall–Kier alpha value is -3.54. The third-order valence-electron chi connectivity index (χ3n) is 7.03. The highest BCUT2D eigenvalue weighted by molar-refractivity contribution is 7.58. The van der Waals surface area contributed by atoms with Crippen LogP contribution in [0.2, 0.25) is 0 Å². The molecule has 0 fully saturated rings. The average molecular weight is 558 g/mol. The van der Waals surface area contributed by atoms with Crippen molar-refractivity contribution in [2.24, 2.45) is 0 Å². The second-order valence-corrected chi connectivity index (χ2v) is 12.8. The Morgan fingerprint density at radius 1 is 0.800 bits per heavy atom. The third kappa shape index (κ3) is 7.77. The smallest absolute Gasteiger partial charge is 0.339 e. The Kier molecular flexibility index (Phi) is 9.72. The highest BCUT2D eigenvalue weighted by Gasteiger charge is 2.46. The van der Waals surface area contributed by atoms with E-state index in [-0.39, 0.29) is 19.1 Å². The lowest BCUT2D eigenvalue weighted by molar-refractivity contribution is -0.164. The van der Waals surface area contributed by atoms with Gasteiger partial charge in [-0.2, -0.15) is 0 Å². The molecule has 0 saturated heterocycles. The number of carbonyl (C=O) groups is 1. The summed E-state index contributed by atoms with van der Waals surface area (Å²) in [5.74, 6) is -1.81. The number of nitrogens with one attached hydrogen (secondary N) is 1. The topological polar surface area (TPSA) is 95.9 Å². The van der Waals surface area contributed by atoms with Crippen molar-refractivity contribution in [1.29, 1.82) is 0 Å².